The molecule has 0 atom stereocenters. The van der Waals surface area contributed by atoms with Gasteiger partial charge in [0.1, 0.15) is 5.03 Å². The first-order valence-electron chi connectivity index (χ1n) is 9.62. The fourth-order valence-corrected chi connectivity index (χ4v) is 4.63. The van der Waals surface area contributed by atoms with Crippen molar-refractivity contribution in [3.8, 4) is 0 Å². The predicted molar refractivity (Wildman–Crippen MR) is 106 cm³/mol. The first-order valence-corrected chi connectivity index (χ1v) is 10.6. The summed E-state index contributed by atoms with van der Waals surface area (Å²) in [6, 6.07) is 9.41. The average molecular weight is 387 g/mol. The molecule has 0 unspecified atom stereocenters. The molecule has 2 amide bonds. The first-order chi connectivity index (χ1) is 13.3. The molecule has 1 fully saturated rings. The largest absolute Gasteiger partial charge is 0.337 e. The van der Waals surface area contributed by atoms with Gasteiger partial charge in [0.2, 0.25) is 0 Å². The molecule has 2 aliphatic rings. The smallest absolute Gasteiger partial charge is 0.317 e. The molecule has 0 spiro atoms. The van der Waals surface area contributed by atoms with E-state index in [1.165, 1.54) is 11.1 Å². The number of hydrogen-bond donors (Lipinski definition) is 2. The number of thioether (sulfide) groups is 1. The van der Waals surface area contributed by atoms with E-state index in [4.69, 9.17) is 0 Å². The van der Waals surface area contributed by atoms with E-state index in [0.29, 0.717) is 12.6 Å². The standard InChI is InChI=1S/C19H26N6OS/c26-19(20-6-11-27-18-14-21-23-22-18)25-8-3-7-24(9-10-25)17-12-15-4-1-2-5-16(15)13-17/h1-2,4-5,14,17H,3,6-13H2,(H,20,26)(H,21,22,23). The molecular weight excluding hydrogens is 360 g/mol. The second-order valence-corrected chi connectivity index (χ2v) is 8.21. The van der Waals surface area contributed by atoms with Gasteiger partial charge in [-0.3, -0.25) is 4.90 Å². The van der Waals surface area contributed by atoms with Crippen LogP contribution in [0.15, 0.2) is 35.5 Å². The van der Waals surface area contributed by atoms with E-state index in [9.17, 15) is 4.79 Å². The molecule has 2 N–H and O–H groups in total. The molecule has 2 aromatic rings. The molecule has 1 aromatic heterocycles. The molecule has 7 nitrogen and oxygen atoms in total. The summed E-state index contributed by atoms with van der Waals surface area (Å²) in [7, 11) is 0. The maximum atomic E-state index is 12.5. The van der Waals surface area contributed by atoms with Crippen molar-refractivity contribution < 1.29 is 4.79 Å². The fraction of sp³-hybridized carbons (Fsp3) is 0.526. The van der Waals surface area contributed by atoms with E-state index in [2.05, 4.69) is 49.9 Å². The average Bonchev–Trinajstić information content (AvgIpc) is 3.29. The number of urea groups is 1. The van der Waals surface area contributed by atoms with E-state index in [1.54, 1.807) is 18.0 Å². The Morgan fingerprint density at radius 1 is 1.19 bits per heavy atom. The van der Waals surface area contributed by atoms with Gasteiger partial charge in [-0.05, 0) is 30.4 Å². The zero-order valence-electron chi connectivity index (χ0n) is 15.4. The van der Waals surface area contributed by atoms with Crippen molar-refractivity contribution in [3.05, 3.63) is 41.6 Å². The summed E-state index contributed by atoms with van der Waals surface area (Å²) >= 11 is 1.58. The Bertz CT molecular complexity index is 727. The lowest BCUT2D eigenvalue weighted by molar-refractivity contribution is 0.189. The molecular formula is C19H26N6OS. The van der Waals surface area contributed by atoms with Gasteiger partial charge in [0, 0.05) is 44.5 Å². The van der Waals surface area contributed by atoms with E-state index in [0.717, 1.165) is 56.2 Å². The third-order valence-electron chi connectivity index (χ3n) is 5.38. The van der Waals surface area contributed by atoms with Gasteiger partial charge >= 0.3 is 6.03 Å². The summed E-state index contributed by atoms with van der Waals surface area (Å²) in [4.78, 5) is 17.0. The van der Waals surface area contributed by atoms with Gasteiger partial charge in [-0.25, -0.2) is 4.79 Å². The molecule has 0 radical (unpaired) electrons. The van der Waals surface area contributed by atoms with Crippen LogP contribution in [0.2, 0.25) is 0 Å². The highest BCUT2D eigenvalue weighted by atomic mass is 32.2. The van der Waals surface area contributed by atoms with Gasteiger partial charge in [0.25, 0.3) is 0 Å². The Kier molecular flexibility index (Phi) is 5.94. The van der Waals surface area contributed by atoms with Gasteiger partial charge in [-0.2, -0.15) is 10.3 Å². The van der Waals surface area contributed by atoms with E-state index >= 15 is 0 Å². The lowest BCUT2D eigenvalue weighted by Crippen LogP contribution is -2.44. The summed E-state index contributed by atoms with van der Waals surface area (Å²) in [5.74, 6) is 0.790. The van der Waals surface area contributed by atoms with Crippen molar-refractivity contribution in [1.29, 1.82) is 0 Å². The van der Waals surface area contributed by atoms with Crippen molar-refractivity contribution in [1.82, 2.24) is 30.5 Å². The molecule has 4 rings (SSSR count). The maximum absolute atomic E-state index is 12.5. The van der Waals surface area contributed by atoms with Crippen LogP contribution in [0.4, 0.5) is 4.79 Å². The number of rotatable bonds is 5. The molecule has 1 aromatic carbocycles. The minimum absolute atomic E-state index is 0.0484. The molecule has 0 bridgehead atoms. The van der Waals surface area contributed by atoms with Crippen molar-refractivity contribution in [2.45, 2.75) is 30.3 Å². The van der Waals surface area contributed by atoms with E-state index in [1.807, 2.05) is 4.90 Å². The number of nitrogens with one attached hydrogen (secondary N) is 2. The minimum Gasteiger partial charge on any atom is -0.337 e. The number of carbonyl (C=O) groups excluding carboxylic acids is 1. The van der Waals surface area contributed by atoms with Crippen LogP contribution in [0.25, 0.3) is 0 Å². The van der Waals surface area contributed by atoms with Crippen LogP contribution in [0, 0.1) is 0 Å². The molecule has 1 aliphatic heterocycles. The Balaban J connectivity index is 1.21. The highest BCUT2D eigenvalue weighted by molar-refractivity contribution is 7.99. The Morgan fingerprint density at radius 2 is 2.00 bits per heavy atom. The number of fused-ring (bicyclic) bond motifs is 1. The number of amides is 2. The Labute approximate surface area is 163 Å². The number of H-pyrrole nitrogens is 1. The molecule has 0 saturated carbocycles. The Morgan fingerprint density at radius 3 is 2.74 bits per heavy atom. The van der Waals surface area contributed by atoms with Crippen LogP contribution in [0.1, 0.15) is 17.5 Å². The van der Waals surface area contributed by atoms with Gasteiger partial charge in [0.05, 0.1) is 6.20 Å². The monoisotopic (exact) mass is 386 g/mol. The van der Waals surface area contributed by atoms with Gasteiger partial charge in [-0.15, -0.1) is 16.9 Å². The normalized spacial score (nSPS) is 18.3. The van der Waals surface area contributed by atoms with Gasteiger partial charge in [0.15, 0.2) is 0 Å². The summed E-state index contributed by atoms with van der Waals surface area (Å²) < 4.78 is 0. The fourth-order valence-electron chi connectivity index (χ4n) is 3.99. The quantitative estimate of drug-likeness (QED) is 0.605. The van der Waals surface area contributed by atoms with Crippen LogP contribution < -0.4 is 5.32 Å². The van der Waals surface area contributed by atoms with E-state index in [-0.39, 0.29) is 6.03 Å². The second kappa shape index (κ2) is 8.75. The van der Waals surface area contributed by atoms with Gasteiger partial charge < -0.3 is 10.2 Å². The Hall–Kier alpha value is -2.06. The van der Waals surface area contributed by atoms with Crippen LogP contribution in [0.3, 0.4) is 0 Å². The third kappa shape index (κ3) is 4.62. The van der Waals surface area contributed by atoms with Crippen LogP contribution >= 0.6 is 11.8 Å². The highest BCUT2D eigenvalue weighted by Gasteiger charge is 2.28. The van der Waals surface area contributed by atoms with Gasteiger partial charge in [-0.1, -0.05) is 24.3 Å². The van der Waals surface area contributed by atoms with Crippen molar-refractivity contribution >= 4 is 17.8 Å². The second-order valence-electron chi connectivity index (χ2n) is 7.10. The highest BCUT2D eigenvalue weighted by Crippen LogP contribution is 2.26. The molecule has 1 aliphatic carbocycles. The van der Waals surface area contributed by atoms with Crippen molar-refractivity contribution in [3.63, 3.8) is 0 Å². The number of nitrogens with zero attached hydrogens (tertiary/aromatic N) is 4. The molecule has 144 valence electrons. The summed E-state index contributed by atoms with van der Waals surface area (Å²) in [6.45, 7) is 4.30. The van der Waals surface area contributed by atoms with Crippen LogP contribution in [0.5, 0.6) is 0 Å². The van der Waals surface area contributed by atoms with E-state index < -0.39 is 0 Å². The molecule has 2 heterocycles. The first kappa shape index (κ1) is 18.3. The topological polar surface area (TPSA) is 77.1 Å². The van der Waals surface area contributed by atoms with Crippen molar-refractivity contribution in [2.24, 2.45) is 0 Å². The minimum atomic E-state index is 0.0484. The number of carbonyl (C=O) groups is 1. The van der Waals surface area contributed by atoms with Crippen LogP contribution in [-0.4, -0.2) is 75.8 Å². The molecule has 27 heavy (non-hydrogen) atoms. The lowest BCUT2D eigenvalue weighted by atomic mass is 10.1. The number of aromatic nitrogens is 3. The predicted octanol–water partition coefficient (Wildman–Crippen LogP) is 1.78. The maximum Gasteiger partial charge on any atom is 0.317 e. The zero-order valence-corrected chi connectivity index (χ0v) is 16.2. The molecule has 1 saturated heterocycles. The number of benzene rings is 1. The summed E-state index contributed by atoms with van der Waals surface area (Å²) in [5, 5.41) is 14.2. The lowest BCUT2D eigenvalue weighted by Gasteiger charge is -2.27. The summed E-state index contributed by atoms with van der Waals surface area (Å²) in [5.41, 5.74) is 2.98. The summed E-state index contributed by atoms with van der Waals surface area (Å²) in [6.07, 6.45) is 5.01. The SMILES string of the molecule is O=C(NCCSc1cn[nH]n1)N1CCCN(C2Cc3ccccc3C2)CC1. The number of hydrogen-bond acceptors (Lipinski definition) is 5. The van der Waals surface area contributed by atoms with Crippen LogP contribution in [-0.2, 0) is 12.8 Å². The number of aromatic amines is 1. The molecule has 8 heteroatoms. The third-order valence-corrected chi connectivity index (χ3v) is 6.29. The van der Waals surface area contributed by atoms with Crippen molar-refractivity contribution in [2.75, 3.05) is 38.5 Å². The zero-order chi connectivity index (χ0) is 18.5.